The molecule has 2 N–H and O–H groups in total. The summed E-state index contributed by atoms with van der Waals surface area (Å²) in [5.41, 5.74) is 4.29. The van der Waals surface area contributed by atoms with Crippen LogP contribution in [-0.4, -0.2) is 26.9 Å². The molecule has 2 heterocycles. The number of nitrogens with zero attached hydrogens (tertiary/aromatic N) is 3. The molecule has 20 heavy (non-hydrogen) atoms. The Labute approximate surface area is 121 Å². The number of hydrogen-bond donors (Lipinski definition) is 2. The molecule has 0 saturated carbocycles. The van der Waals surface area contributed by atoms with Crippen LogP contribution in [0, 0.1) is 6.92 Å². The zero-order valence-corrected chi connectivity index (χ0v) is 11.9. The van der Waals surface area contributed by atoms with E-state index < -0.39 is 0 Å². The Hall–Kier alpha value is -2.21. The number of benzene rings is 1. The van der Waals surface area contributed by atoms with Gasteiger partial charge in [0.1, 0.15) is 10.7 Å². The van der Waals surface area contributed by atoms with Gasteiger partial charge in [0.05, 0.1) is 11.9 Å². The zero-order chi connectivity index (χ0) is 13.8. The number of aromatic nitrogens is 4. The zero-order valence-electron chi connectivity index (χ0n) is 11.1. The Morgan fingerprint density at radius 1 is 1.25 bits per heavy atom. The van der Waals surface area contributed by atoms with E-state index in [-0.39, 0.29) is 0 Å². The van der Waals surface area contributed by atoms with Gasteiger partial charge in [0.15, 0.2) is 0 Å². The van der Waals surface area contributed by atoms with E-state index in [0.29, 0.717) is 0 Å². The number of rotatable bonds is 5. The second-order valence-corrected chi connectivity index (χ2v) is 5.40. The maximum absolute atomic E-state index is 4.55. The molecule has 0 unspecified atom stereocenters. The number of nitrogens with one attached hydrogen (secondary N) is 2. The molecular weight excluding hydrogens is 270 g/mol. The van der Waals surface area contributed by atoms with E-state index in [9.17, 15) is 0 Å². The fourth-order valence-electron chi connectivity index (χ4n) is 1.85. The lowest BCUT2D eigenvalue weighted by atomic mass is 10.2. The van der Waals surface area contributed by atoms with Gasteiger partial charge in [-0.25, -0.2) is 4.98 Å². The van der Waals surface area contributed by atoms with Gasteiger partial charge in [0.25, 0.3) is 0 Å². The Morgan fingerprint density at radius 2 is 2.10 bits per heavy atom. The van der Waals surface area contributed by atoms with Crippen molar-refractivity contribution in [3.05, 3.63) is 47.1 Å². The highest BCUT2D eigenvalue weighted by Crippen LogP contribution is 2.20. The topological polar surface area (TPSA) is 66.5 Å². The Morgan fingerprint density at radius 3 is 2.85 bits per heavy atom. The van der Waals surface area contributed by atoms with Gasteiger partial charge < -0.3 is 5.32 Å². The highest BCUT2D eigenvalue weighted by Gasteiger charge is 2.06. The number of thiazole rings is 1. The van der Waals surface area contributed by atoms with Crippen LogP contribution in [0.3, 0.4) is 0 Å². The van der Waals surface area contributed by atoms with Gasteiger partial charge in [-0.3, -0.25) is 0 Å². The molecule has 0 aliphatic carbocycles. The van der Waals surface area contributed by atoms with Crippen LogP contribution in [0.1, 0.15) is 11.3 Å². The lowest BCUT2D eigenvalue weighted by Gasteiger charge is -2.05. The maximum Gasteiger partial charge on any atom is 0.145 e. The van der Waals surface area contributed by atoms with Crippen molar-refractivity contribution < 1.29 is 0 Å². The summed E-state index contributed by atoms with van der Waals surface area (Å²) in [7, 11) is 0. The quantitative estimate of drug-likeness (QED) is 0.756. The highest BCUT2D eigenvalue weighted by atomic mass is 32.1. The van der Waals surface area contributed by atoms with Gasteiger partial charge in [0.2, 0.25) is 0 Å². The lowest BCUT2D eigenvalue weighted by molar-refractivity contribution is 0.939. The molecule has 0 bridgehead atoms. The van der Waals surface area contributed by atoms with E-state index in [2.05, 4.69) is 62.3 Å². The normalized spacial score (nSPS) is 10.7. The van der Waals surface area contributed by atoms with Gasteiger partial charge in [-0.15, -0.1) is 11.3 Å². The number of H-pyrrole nitrogens is 1. The van der Waals surface area contributed by atoms with E-state index >= 15 is 0 Å². The third-order valence-corrected chi connectivity index (χ3v) is 3.86. The molecule has 3 aromatic rings. The van der Waals surface area contributed by atoms with E-state index in [1.165, 1.54) is 5.56 Å². The SMILES string of the molecule is Cc1ccc(NCCc2csc(-c3cn[nH]n3)n2)cc1. The molecule has 0 aliphatic rings. The molecule has 0 amide bonds. The largest absolute Gasteiger partial charge is 0.385 e. The number of anilines is 1. The van der Waals surface area contributed by atoms with Gasteiger partial charge in [-0.2, -0.15) is 15.4 Å². The first-order chi connectivity index (χ1) is 9.81. The van der Waals surface area contributed by atoms with Crippen molar-refractivity contribution in [2.45, 2.75) is 13.3 Å². The first kappa shape index (κ1) is 12.8. The van der Waals surface area contributed by atoms with Crippen molar-refractivity contribution >= 4 is 17.0 Å². The van der Waals surface area contributed by atoms with Crippen molar-refractivity contribution in [1.82, 2.24) is 20.4 Å². The van der Waals surface area contributed by atoms with E-state index in [1.54, 1.807) is 17.5 Å². The van der Waals surface area contributed by atoms with Crippen LogP contribution >= 0.6 is 11.3 Å². The van der Waals surface area contributed by atoms with Crippen LogP contribution in [-0.2, 0) is 6.42 Å². The first-order valence-electron chi connectivity index (χ1n) is 6.42. The van der Waals surface area contributed by atoms with Crippen LogP contribution in [0.5, 0.6) is 0 Å². The second-order valence-electron chi connectivity index (χ2n) is 4.54. The van der Waals surface area contributed by atoms with E-state index in [1.807, 2.05) is 0 Å². The molecule has 102 valence electrons. The predicted molar refractivity (Wildman–Crippen MR) is 80.9 cm³/mol. The summed E-state index contributed by atoms with van der Waals surface area (Å²) in [5, 5.41) is 16.8. The summed E-state index contributed by atoms with van der Waals surface area (Å²) < 4.78 is 0. The minimum Gasteiger partial charge on any atom is -0.385 e. The highest BCUT2D eigenvalue weighted by molar-refractivity contribution is 7.13. The van der Waals surface area contributed by atoms with Crippen LogP contribution in [0.15, 0.2) is 35.8 Å². The van der Waals surface area contributed by atoms with Crippen molar-refractivity contribution in [1.29, 1.82) is 0 Å². The molecule has 0 saturated heterocycles. The summed E-state index contributed by atoms with van der Waals surface area (Å²) in [6, 6.07) is 8.40. The van der Waals surface area contributed by atoms with Gasteiger partial charge >= 0.3 is 0 Å². The van der Waals surface area contributed by atoms with Gasteiger partial charge in [0, 0.05) is 24.0 Å². The lowest BCUT2D eigenvalue weighted by Crippen LogP contribution is -2.04. The summed E-state index contributed by atoms with van der Waals surface area (Å²) >= 11 is 1.59. The van der Waals surface area contributed by atoms with Crippen molar-refractivity contribution in [2.75, 3.05) is 11.9 Å². The van der Waals surface area contributed by atoms with Crippen LogP contribution in [0.2, 0.25) is 0 Å². The van der Waals surface area contributed by atoms with Crippen LogP contribution in [0.25, 0.3) is 10.7 Å². The molecule has 0 fully saturated rings. The first-order valence-corrected chi connectivity index (χ1v) is 7.30. The minimum absolute atomic E-state index is 0.799. The average Bonchev–Trinajstić information content (AvgIpc) is 3.11. The Kier molecular flexibility index (Phi) is 3.73. The Bertz CT molecular complexity index is 657. The number of hydrogen-bond acceptors (Lipinski definition) is 5. The monoisotopic (exact) mass is 285 g/mol. The molecule has 2 aromatic heterocycles. The van der Waals surface area contributed by atoms with Gasteiger partial charge in [-0.1, -0.05) is 17.7 Å². The molecule has 0 atom stereocenters. The van der Waals surface area contributed by atoms with E-state index in [4.69, 9.17) is 0 Å². The summed E-state index contributed by atoms with van der Waals surface area (Å²) in [6.45, 7) is 2.95. The van der Waals surface area contributed by atoms with Gasteiger partial charge in [-0.05, 0) is 19.1 Å². The molecule has 1 aromatic carbocycles. The molecule has 0 radical (unpaired) electrons. The third kappa shape index (κ3) is 3.03. The van der Waals surface area contributed by atoms with Crippen molar-refractivity contribution in [2.24, 2.45) is 0 Å². The minimum atomic E-state index is 0.799. The van der Waals surface area contributed by atoms with Crippen LogP contribution < -0.4 is 5.32 Å². The van der Waals surface area contributed by atoms with Crippen LogP contribution in [0.4, 0.5) is 5.69 Å². The van der Waals surface area contributed by atoms with Crippen molar-refractivity contribution in [3.8, 4) is 10.7 Å². The fraction of sp³-hybridized carbons (Fsp3) is 0.214. The predicted octanol–water partition coefficient (Wildman–Crippen LogP) is 2.89. The fourth-order valence-corrected chi connectivity index (χ4v) is 2.66. The molecule has 3 rings (SSSR count). The molecule has 6 heteroatoms. The molecular formula is C14H15N5S. The average molecular weight is 285 g/mol. The number of aryl methyl sites for hydroxylation is 1. The Balaban J connectivity index is 1.55. The standard InChI is InChI=1S/C14H15N5S/c1-10-2-4-11(5-3-10)15-7-6-12-9-20-14(17-12)13-8-16-19-18-13/h2-5,8-9,15H,6-7H2,1H3,(H,16,18,19). The smallest absolute Gasteiger partial charge is 0.145 e. The molecule has 0 spiro atoms. The maximum atomic E-state index is 4.55. The molecule has 0 aliphatic heterocycles. The summed E-state index contributed by atoms with van der Waals surface area (Å²) in [6.07, 6.45) is 2.58. The summed E-state index contributed by atoms with van der Waals surface area (Å²) in [4.78, 5) is 4.55. The number of aromatic amines is 1. The second kappa shape index (κ2) is 5.83. The van der Waals surface area contributed by atoms with Crippen molar-refractivity contribution in [3.63, 3.8) is 0 Å². The van der Waals surface area contributed by atoms with E-state index in [0.717, 1.165) is 35.0 Å². The third-order valence-electron chi connectivity index (χ3n) is 2.95. The molecule has 5 nitrogen and oxygen atoms in total. The summed E-state index contributed by atoms with van der Waals surface area (Å²) in [5.74, 6) is 0.